The number of nitrogens with zero attached hydrogens (tertiary/aromatic N) is 2. The predicted molar refractivity (Wildman–Crippen MR) is 69.9 cm³/mol. The highest BCUT2D eigenvalue weighted by Crippen LogP contribution is 2.50. The normalized spacial score (nSPS) is 16.6. The minimum Gasteiger partial charge on any atom is -0.291 e. The van der Waals surface area contributed by atoms with Crippen LogP contribution in [-0.4, -0.2) is 15.6 Å². The number of hydrogen-bond donors (Lipinski definition) is 0. The number of halogens is 1. The van der Waals surface area contributed by atoms with Gasteiger partial charge in [0.05, 0.1) is 16.6 Å². The molecule has 1 aliphatic carbocycles. The van der Waals surface area contributed by atoms with E-state index < -0.39 is 0 Å². The molecule has 1 saturated carbocycles. The lowest BCUT2D eigenvalue weighted by Gasteiger charge is -2.14. The molecule has 1 aromatic heterocycles. The third kappa shape index (κ3) is 1.58. The van der Waals surface area contributed by atoms with Crippen molar-refractivity contribution in [2.24, 2.45) is 7.05 Å². The molecular formula is C14H13ClN2O. The van der Waals surface area contributed by atoms with Gasteiger partial charge >= 0.3 is 0 Å². The summed E-state index contributed by atoms with van der Waals surface area (Å²) in [5.41, 5.74) is 1.21. The molecule has 3 nitrogen and oxygen atoms in total. The van der Waals surface area contributed by atoms with Crippen LogP contribution in [-0.2, 0) is 12.5 Å². The summed E-state index contributed by atoms with van der Waals surface area (Å²) in [4.78, 5) is 12.7. The van der Waals surface area contributed by atoms with Crippen LogP contribution in [0.4, 0.5) is 0 Å². The molecule has 0 amide bonds. The molecule has 0 saturated heterocycles. The molecule has 3 rings (SSSR count). The van der Waals surface area contributed by atoms with Crippen molar-refractivity contribution < 1.29 is 4.79 Å². The first-order valence-electron chi connectivity index (χ1n) is 5.93. The van der Waals surface area contributed by atoms with Crippen LogP contribution in [0.2, 0.25) is 5.02 Å². The summed E-state index contributed by atoms with van der Waals surface area (Å²) in [5.74, 6) is 0.0821. The third-order valence-electron chi connectivity index (χ3n) is 3.62. The van der Waals surface area contributed by atoms with Gasteiger partial charge in [0.15, 0.2) is 5.78 Å². The Kier molecular flexibility index (Phi) is 2.52. The van der Waals surface area contributed by atoms with E-state index >= 15 is 0 Å². The number of benzene rings is 1. The first-order valence-corrected chi connectivity index (χ1v) is 6.31. The largest absolute Gasteiger partial charge is 0.291 e. The van der Waals surface area contributed by atoms with Gasteiger partial charge in [0.25, 0.3) is 0 Å². The summed E-state index contributed by atoms with van der Waals surface area (Å²) in [5, 5.41) is 4.47. The Bertz CT molecular complexity index is 580. The second kappa shape index (κ2) is 3.95. The smallest absolute Gasteiger partial charge is 0.192 e. The van der Waals surface area contributed by atoms with Crippen LogP contribution in [0.5, 0.6) is 0 Å². The van der Waals surface area contributed by atoms with E-state index in [1.807, 2.05) is 30.3 Å². The van der Waals surface area contributed by atoms with Gasteiger partial charge < -0.3 is 0 Å². The SMILES string of the molecule is Cn1ncc(Cl)c1C(=O)C1(c2ccccc2)CC1. The van der Waals surface area contributed by atoms with Crippen molar-refractivity contribution in [1.29, 1.82) is 0 Å². The average Bonchev–Trinajstić information content (AvgIpc) is 3.13. The van der Waals surface area contributed by atoms with E-state index in [4.69, 9.17) is 11.6 Å². The molecule has 4 heteroatoms. The van der Waals surface area contributed by atoms with Gasteiger partial charge in [-0.1, -0.05) is 41.9 Å². The number of ketones is 1. The second-order valence-electron chi connectivity index (χ2n) is 4.74. The Labute approximate surface area is 110 Å². The molecule has 0 unspecified atom stereocenters. The highest BCUT2D eigenvalue weighted by atomic mass is 35.5. The summed E-state index contributed by atoms with van der Waals surface area (Å²) in [6, 6.07) is 9.91. The highest BCUT2D eigenvalue weighted by molar-refractivity contribution is 6.34. The molecule has 0 spiro atoms. The molecule has 1 aliphatic rings. The number of carbonyl (C=O) groups is 1. The van der Waals surface area contributed by atoms with Crippen molar-refractivity contribution in [2.75, 3.05) is 0 Å². The van der Waals surface area contributed by atoms with Crippen LogP contribution in [0.15, 0.2) is 36.5 Å². The quantitative estimate of drug-likeness (QED) is 0.796. The van der Waals surface area contributed by atoms with Gasteiger partial charge in [-0.25, -0.2) is 0 Å². The van der Waals surface area contributed by atoms with Crippen LogP contribution < -0.4 is 0 Å². The molecule has 92 valence electrons. The zero-order valence-electron chi connectivity index (χ0n) is 10.1. The number of aryl methyl sites for hydroxylation is 1. The van der Waals surface area contributed by atoms with Gasteiger partial charge in [0.2, 0.25) is 0 Å². The Morgan fingerprint density at radius 3 is 2.50 bits per heavy atom. The van der Waals surface area contributed by atoms with Gasteiger partial charge in [0.1, 0.15) is 5.69 Å². The van der Waals surface area contributed by atoms with Gasteiger partial charge in [0, 0.05) is 7.05 Å². The van der Waals surface area contributed by atoms with Gasteiger partial charge in [-0.2, -0.15) is 5.10 Å². The van der Waals surface area contributed by atoms with E-state index in [0.29, 0.717) is 10.7 Å². The first kappa shape index (κ1) is 11.5. The number of rotatable bonds is 3. The van der Waals surface area contributed by atoms with Crippen molar-refractivity contribution >= 4 is 17.4 Å². The lowest BCUT2D eigenvalue weighted by Crippen LogP contribution is -2.23. The molecule has 1 aromatic carbocycles. The zero-order valence-corrected chi connectivity index (χ0v) is 10.8. The highest BCUT2D eigenvalue weighted by Gasteiger charge is 2.52. The second-order valence-corrected chi connectivity index (χ2v) is 5.15. The lowest BCUT2D eigenvalue weighted by atomic mass is 9.89. The van der Waals surface area contributed by atoms with Crippen molar-refractivity contribution in [3.8, 4) is 0 Å². The standard InChI is InChI=1S/C14H13ClN2O/c1-17-12(11(15)9-16-17)13(18)14(7-8-14)10-5-3-2-4-6-10/h2-6,9H,7-8H2,1H3. The van der Waals surface area contributed by atoms with Gasteiger partial charge in [-0.15, -0.1) is 0 Å². The minimum atomic E-state index is -0.376. The van der Waals surface area contributed by atoms with E-state index in [0.717, 1.165) is 18.4 Å². The molecule has 1 fully saturated rings. The zero-order chi connectivity index (χ0) is 12.8. The average molecular weight is 261 g/mol. The van der Waals surface area contributed by atoms with Gasteiger partial charge in [-0.05, 0) is 18.4 Å². The molecule has 0 bridgehead atoms. The van der Waals surface area contributed by atoms with Crippen LogP contribution in [0.1, 0.15) is 28.9 Å². The molecule has 0 aliphatic heterocycles. The molecule has 0 N–H and O–H groups in total. The molecule has 0 radical (unpaired) electrons. The number of Topliss-reactive ketones (excluding diaryl/α,β-unsaturated/α-hetero) is 1. The van der Waals surface area contributed by atoms with Gasteiger partial charge in [-0.3, -0.25) is 9.48 Å². The molecule has 1 heterocycles. The summed E-state index contributed by atoms with van der Waals surface area (Å²) >= 11 is 6.06. The summed E-state index contributed by atoms with van der Waals surface area (Å²) in [7, 11) is 1.75. The van der Waals surface area contributed by atoms with E-state index in [1.165, 1.54) is 6.20 Å². The Balaban J connectivity index is 2.04. The van der Waals surface area contributed by atoms with Crippen molar-refractivity contribution in [3.63, 3.8) is 0 Å². The maximum Gasteiger partial charge on any atom is 0.192 e. The lowest BCUT2D eigenvalue weighted by molar-refractivity contribution is 0.0937. The minimum absolute atomic E-state index is 0.0821. The van der Waals surface area contributed by atoms with E-state index in [1.54, 1.807) is 11.7 Å². The van der Waals surface area contributed by atoms with Crippen LogP contribution in [0.3, 0.4) is 0 Å². The number of carbonyl (C=O) groups excluding carboxylic acids is 1. The monoisotopic (exact) mass is 260 g/mol. The topological polar surface area (TPSA) is 34.9 Å². The Hall–Kier alpha value is -1.61. The van der Waals surface area contributed by atoms with Crippen molar-refractivity contribution in [2.45, 2.75) is 18.3 Å². The Morgan fingerprint density at radius 2 is 2.00 bits per heavy atom. The predicted octanol–water partition coefficient (Wildman–Crippen LogP) is 2.99. The van der Waals surface area contributed by atoms with Crippen molar-refractivity contribution in [1.82, 2.24) is 9.78 Å². The number of aromatic nitrogens is 2. The van der Waals surface area contributed by atoms with E-state index in [2.05, 4.69) is 5.10 Å². The molecule has 0 atom stereocenters. The Morgan fingerprint density at radius 1 is 1.33 bits per heavy atom. The third-order valence-corrected chi connectivity index (χ3v) is 3.90. The van der Waals surface area contributed by atoms with E-state index in [-0.39, 0.29) is 11.2 Å². The van der Waals surface area contributed by atoms with E-state index in [9.17, 15) is 4.79 Å². The van der Waals surface area contributed by atoms with Crippen LogP contribution in [0, 0.1) is 0 Å². The number of hydrogen-bond acceptors (Lipinski definition) is 2. The fourth-order valence-corrected chi connectivity index (χ4v) is 2.67. The summed E-state index contributed by atoms with van der Waals surface area (Å²) < 4.78 is 1.56. The van der Waals surface area contributed by atoms with Crippen molar-refractivity contribution in [3.05, 3.63) is 52.8 Å². The molecular weight excluding hydrogens is 248 g/mol. The maximum atomic E-state index is 12.7. The maximum absolute atomic E-state index is 12.7. The fraction of sp³-hybridized carbons (Fsp3) is 0.286. The molecule has 18 heavy (non-hydrogen) atoms. The van der Waals surface area contributed by atoms with Crippen LogP contribution in [0.25, 0.3) is 0 Å². The molecule has 2 aromatic rings. The summed E-state index contributed by atoms with van der Waals surface area (Å²) in [6.45, 7) is 0. The first-order chi connectivity index (χ1) is 8.65. The summed E-state index contributed by atoms with van der Waals surface area (Å²) in [6.07, 6.45) is 3.30. The fourth-order valence-electron chi connectivity index (χ4n) is 2.42. The van der Waals surface area contributed by atoms with Crippen LogP contribution >= 0.6 is 11.6 Å².